The summed E-state index contributed by atoms with van der Waals surface area (Å²) in [5, 5.41) is 7.69. The second kappa shape index (κ2) is 4.19. The van der Waals surface area contributed by atoms with Crippen LogP contribution >= 0.6 is 11.3 Å². The van der Waals surface area contributed by atoms with Crippen molar-refractivity contribution in [3.8, 4) is 0 Å². The summed E-state index contributed by atoms with van der Waals surface area (Å²) in [5.74, 6) is -0.594. The Bertz CT molecular complexity index is 603. The minimum Gasteiger partial charge on any atom is -0.339 e. The third-order valence-electron chi connectivity index (χ3n) is 2.89. The van der Waals surface area contributed by atoms with Crippen LogP contribution in [0.2, 0.25) is 0 Å². The third kappa shape index (κ3) is 2.18. The SMILES string of the molecule is Cc1cnc(N2CCn3c(nnc3C(F)(F)F)C2)s1. The fourth-order valence-corrected chi connectivity index (χ4v) is 2.80. The predicted molar refractivity (Wildman–Crippen MR) is 62.9 cm³/mol. The van der Waals surface area contributed by atoms with Crippen LogP contribution in [0.4, 0.5) is 18.3 Å². The topological polar surface area (TPSA) is 46.8 Å². The molecule has 0 saturated carbocycles. The number of thiazole rings is 1. The van der Waals surface area contributed by atoms with Gasteiger partial charge in [-0.25, -0.2) is 4.98 Å². The van der Waals surface area contributed by atoms with E-state index in [4.69, 9.17) is 0 Å². The molecule has 3 rings (SSSR count). The minimum atomic E-state index is -4.45. The molecule has 0 spiro atoms. The zero-order chi connectivity index (χ0) is 13.6. The highest BCUT2D eigenvalue weighted by molar-refractivity contribution is 7.15. The molecule has 5 nitrogen and oxygen atoms in total. The van der Waals surface area contributed by atoms with Crippen LogP contribution in [0.5, 0.6) is 0 Å². The van der Waals surface area contributed by atoms with E-state index in [0.29, 0.717) is 18.9 Å². The zero-order valence-electron chi connectivity index (χ0n) is 9.98. The van der Waals surface area contributed by atoms with Crippen LogP contribution in [-0.4, -0.2) is 26.3 Å². The van der Waals surface area contributed by atoms with E-state index in [1.54, 1.807) is 6.20 Å². The summed E-state index contributed by atoms with van der Waals surface area (Å²) in [7, 11) is 0. The van der Waals surface area contributed by atoms with Crippen molar-refractivity contribution in [2.45, 2.75) is 26.2 Å². The van der Waals surface area contributed by atoms with Gasteiger partial charge in [0.1, 0.15) is 0 Å². The van der Waals surface area contributed by atoms with E-state index in [0.717, 1.165) is 14.6 Å². The molecule has 9 heteroatoms. The first kappa shape index (κ1) is 12.4. The lowest BCUT2D eigenvalue weighted by atomic mass is 10.3. The first-order valence-electron chi connectivity index (χ1n) is 5.62. The average Bonchev–Trinajstić information content (AvgIpc) is 2.92. The maximum absolute atomic E-state index is 12.7. The van der Waals surface area contributed by atoms with Crippen LogP contribution in [0.15, 0.2) is 6.20 Å². The van der Waals surface area contributed by atoms with E-state index in [1.807, 2.05) is 11.8 Å². The molecule has 0 fully saturated rings. The smallest absolute Gasteiger partial charge is 0.339 e. The molecule has 2 aromatic heterocycles. The molecule has 0 amide bonds. The summed E-state index contributed by atoms with van der Waals surface area (Å²) in [6.07, 6.45) is -2.70. The number of anilines is 1. The molecule has 0 atom stereocenters. The molecule has 3 heterocycles. The molecule has 0 N–H and O–H groups in total. The number of alkyl halides is 3. The van der Waals surface area contributed by atoms with Crippen molar-refractivity contribution in [1.82, 2.24) is 19.7 Å². The van der Waals surface area contributed by atoms with Crippen LogP contribution in [-0.2, 0) is 19.3 Å². The van der Waals surface area contributed by atoms with Crippen molar-refractivity contribution in [3.05, 3.63) is 22.7 Å². The highest BCUT2D eigenvalue weighted by Gasteiger charge is 2.39. The van der Waals surface area contributed by atoms with Gasteiger partial charge in [0.25, 0.3) is 0 Å². The Labute approximate surface area is 110 Å². The van der Waals surface area contributed by atoms with Crippen molar-refractivity contribution < 1.29 is 13.2 Å². The number of hydrogen-bond acceptors (Lipinski definition) is 5. The summed E-state index contributed by atoms with van der Waals surface area (Å²) in [6, 6.07) is 0. The van der Waals surface area contributed by atoms with Crippen molar-refractivity contribution >= 4 is 16.5 Å². The predicted octanol–water partition coefficient (Wildman–Crippen LogP) is 2.08. The third-order valence-corrected chi connectivity index (χ3v) is 3.86. The molecule has 2 aromatic rings. The highest BCUT2D eigenvalue weighted by atomic mass is 32.1. The zero-order valence-corrected chi connectivity index (χ0v) is 10.8. The van der Waals surface area contributed by atoms with Gasteiger partial charge in [-0.3, -0.25) is 0 Å². The normalized spacial score (nSPS) is 15.7. The van der Waals surface area contributed by atoms with E-state index in [2.05, 4.69) is 15.2 Å². The Balaban J connectivity index is 1.88. The summed E-state index contributed by atoms with van der Waals surface area (Å²) >= 11 is 1.52. The van der Waals surface area contributed by atoms with Gasteiger partial charge in [-0.15, -0.1) is 21.5 Å². The second-order valence-corrected chi connectivity index (χ2v) is 5.48. The molecular formula is C10H10F3N5S. The molecule has 1 aliphatic rings. The van der Waals surface area contributed by atoms with E-state index < -0.39 is 12.0 Å². The van der Waals surface area contributed by atoms with E-state index in [1.165, 1.54) is 11.3 Å². The van der Waals surface area contributed by atoms with Gasteiger partial charge in [-0.1, -0.05) is 0 Å². The van der Waals surface area contributed by atoms with Crippen LogP contribution < -0.4 is 4.90 Å². The number of halogens is 3. The molecular weight excluding hydrogens is 279 g/mol. The Morgan fingerprint density at radius 1 is 1.26 bits per heavy atom. The Morgan fingerprint density at radius 3 is 2.68 bits per heavy atom. The molecule has 0 bridgehead atoms. The Kier molecular flexibility index (Phi) is 2.73. The summed E-state index contributed by atoms with van der Waals surface area (Å²) < 4.78 is 39.2. The molecule has 0 aromatic carbocycles. The first-order valence-corrected chi connectivity index (χ1v) is 6.43. The van der Waals surface area contributed by atoms with E-state index in [9.17, 15) is 13.2 Å². The molecule has 1 aliphatic heterocycles. The van der Waals surface area contributed by atoms with Gasteiger partial charge in [0.2, 0.25) is 5.82 Å². The molecule has 0 saturated heterocycles. The maximum Gasteiger partial charge on any atom is 0.451 e. The average molecular weight is 289 g/mol. The standard InChI is InChI=1S/C10H10F3N5S/c1-6-4-14-9(19-6)17-2-3-18-7(5-17)15-16-8(18)10(11,12)13/h4H,2-3,5H2,1H3. The molecule has 102 valence electrons. The lowest BCUT2D eigenvalue weighted by Crippen LogP contribution is -2.35. The van der Waals surface area contributed by atoms with E-state index >= 15 is 0 Å². The Hall–Kier alpha value is -1.64. The quantitative estimate of drug-likeness (QED) is 0.806. The van der Waals surface area contributed by atoms with Crippen LogP contribution in [0.3, 0.4) is 0 Å². The van der Waals surface area contributed by atoms with Crippen molar-refractivity contribution in [2.75, 3.05) is 11.4 Å². The summed E-state index contributed by atoms with van der Waals surface area (Å²) in [4.78, 5) is 7.22. The highest BCUT2D eigenvalue weighted by Crippen LogP contribution is 2.31. The van der Waals surface area contributed by atoms with Gasteiger partial charge in [0.05, 0.1) is 6.54 Å². The number of hydrogen-bond donors (Lipinski definition) is 0. The summed E-state index contributed by atoms with van der Waals surface area (Å²) in [6.45, 7) is 2.93. The number of fused-ring (bicyclic) bond motifs is 1. The fraction of sp³-hybridized carbons (Fsp3) is 0.500. The number of nitrogens with zero attached hydrogens (tertiary/aromatic N) is 5. The molecule has 0 radical (unpaired) electrons. The Morgan fingerprint density at radius 2 is 2.05 bits per heavy atom. The largest absolute Gasteiger partial charge is 0.451 e. The fourth-order valence-electron chi connectivity index (χ4n) is 2.02. The van der Waals surface area contributed by atoms with Gasteiger partial charge in [0.15, 0.2) is 11.0 Å². The monoisotopic (exact) mass is 289 g/mol. The minimum absolute atomic E-state index is 0.218. The molecule has 0 unspecified atom stereocenters. The van der Waals surface area contributed by atoms with Crippen LogP contribution in [0.1, 0.15) is 16.5 Å². The molecule has 19 heavy (non-hydrogen) atoms. The van der Waals surface area contributed by atoms with Crippen molar-refractivity contribution in [1.29, 1.82) is 0 Å². The van der Waals surface area contributed by atoms with Gasteiger partial charge >= 0.3 is 6.18 Å². The van der Waals surface area contributed by atoms with Gasteiger partial charge in [-0.2, -0.15) is 13.2 Å². The van der Waals surface area contributed by atoms with Gasteiger partial charge in [0, 0.05) is 24.2 Å². The van der Waals surface area contributed by atoms with Crippen molar-refractivity contribution in [3.63, 3.8) is 0 Å². The number of rotatable bonds is 1. The lowest BCUT2D eigenvalue weighted by Gasteiger charge is -2.27. The number of aryl methyl sites for hydroxylation is 1. The second-order valence-electron chi connectivity index (χ2n) is 4.26. The lowest BCUT2D eigenvalue weighted by molar-refractivity contribution is -0.147. The van der Waals surface area contributed by atoms with Gasteiger partial charge < -0.3 is 9.47 Å². The maximum atomic E-state index is 12.7. The van der Waals surface area contributed by atoms with Crippen molar-refractivity contribution in [2.24, 2.45) is 0 Å². The molecule has 0 aliphatic carbocycles. The first-order chi connectivity index (χ1) is 8.95. The van der Waals surface area contributed by atoms with Crippen LogP contribution in [0.25, 0.3) is 0 Å². The summed E-state index contributed by atoms with van der Waals surface area (Å²) in [5.41, 5.74) is 0. The van der Waals surface area contributed by atoms with Gasteiger partial charge in [-0.05, 0) is 6.92 Å². The van der Waals surface area contributed by atoms with E-state index in [-0.39, 0.29) is 6.54 Å². The van der Waals surface area contributed by atoms with Crippen LogP contribution in [0, 0.1) is 6.92 Å². The number of aromatic nitrogens is 4.